The minimum Gasteiger partial charge on any atom is -0.497 e. The highest BCUT2D eigenvalue weighted by Crippen LogP contribution is 2.24. The summed E-state index contributed by atoms with van der Waals surface area (Å²) in [5.41, 5.74) is 2.67. The van der Waals surface area contributed by atoms with E-state index in [9.17, 15) is 9.90 Å². The van der Waals surface area contributed by atoms with Crippen LogP contribution in [0.3, 0.4) is 0 Å². The number of ether oxygens (including phenoxy) is 2. The van der Waals surface area contributed by atoms with E-state index in [-0.39, 0.29) is 5.91 Å². The highest BCUT2D eigenvalue weighted by atomic mass is 16.5. The Hall–Kier alpha value is -3.16. The molecule has 1 amide bonds. The van der Waals surface area contributed by atoms with Crippen LogP contribution in [0, 0.1) is 0 Å². The Kier molecular flexibility index (Phi) is 6.64. The number of aromatic nitrogens is 2. The molecule has 2 unspecified atom stereocenters. The molecule has 0 radical (unpaired) electrons. The monoisotopic (exact) mass is 421 g/mol. The molecule has 1 N–H and O–H groups in total. The van der Waals surface area contributed by atoms with E-state index < -0.39 is 12.2 Å². The first kappa shape index (κ1) is 21.1. The number of amides is 1. The molecule has 7 heteroatoms. The summed E-state index contributed by atoms with van der Waals surface area (Å²) in [6.45, 7) is 2.06. The number of hydrogen-bond acceptors (Lipinski definition) is 5. The van der Waals surface area contributed by atoms with Gasteiger partial charge in [-0.25, -0.2) is 4.98 Å². The Morgan fingerprint density at radius 2 is 1.94 bits per heavy atom. The Morgan fingerprint density at radius 3 is 2.68 bits per heavy atom. The second-order valence-corrected chi connectivity index (χ2v) is 7.62. The lowest BCUT2D eigenvalue weighted by molar-refractivity contribution is -0.164. The lowest BCUT2D eigenvalue weighted by atomic mass is 10.1. The third-order valence-corrected chi connectivity index (χ3v) is 5.49. The number of benzene rings is 2. The summed E-state index contributed by atoms with van der Waals surface area (Å²) in [4.78, 5) is 19.0. The van der Waals surface area contributed by atoms with Crippen LogP contribution in [-0.4, -0.2) is 51.8 Å². The fraction of sp³-hybridized carbons (Fsp3) is 0.333. The zero-order valence-electron chi connectivity index (χ0n) is 17.6. The first-order chi connectivity index (χ1) is 15.1. The number of aliphatic hydroxyl groups excluding tert-OH is 1. The number of rotatable bonds is 8. The average molecular weight is 421 g/mol. The lowest BCUT2D eigenvalue weighted by Crippen LogP contribution is -2.49. The van der Waals surface area contributed by atoms with Gasteiger partial charge in [-0.15, -0.1) is 0 Å². The Labute approximate surface area is 181 Å². The number of imidazole rings is 1. The van der Waals surface area contributed by atoms with Crippen molar-refractivity contribution < 1.29 is 19.4 Å². The number of aliphatic hydroxyl groups is 1. The molecule has 0 aliphatic carbocycles. The van der Waals surface area contributed by atoms with Gasteiger partial charge in [0.1, 0.15) is 11.9 Å². The second-order valence-electron chi connectivity index (χ2n) is 7.62. The average Bonchev–Trinajstić information content (AvgIpc) is 3.29. The first-order valence-electron chi connectivity index (χ1n) is 10.4. The predicted octanol–water partition coefficient (Wildman–Crippen LogP) is 2.60. The van der Waals surface area contributed by atoms with Crippen molar-refractivity contribution in [1.29, 1.82) is 0 Å². The van der Waals surface area contributed by atoms with Gasteiger partial charge in [0.05, 0.1) is 25.7 Å². The van der Waals surface area contributed by atoms with Crippen molar-refractivity contribution in [2.24, 2.45) is 0 Å². The molecule has 2 aromatic carbocycles. The molecule has 31 heavy (non-hydrogen) atoms. The topological polar surface area (TPSA) is 76.8 Å². The van der Waals surface area contributed by atoms with Crippen LogP contribution in [0.25, 0.3) is 0 Å². The van der Waals surface area contributed by atoms with Crippen LogP contribution in [0.5, 0.6) is 5.75 Å². The van der Waals surface area contributed by atoms with Crippen molar-refractivity contribution in [2.75, 3.05) is 20.3 Å². The minimum absolute atomic E-state index is 0.228. The van der Waals surface area contributed by atoms with Crippen LogP contribution in [0.15, 0.2) is 67.1 Å². The maximum Gasteiger partial charge on any atom is 0.255 e. The molecule has 2 atom stereocenters. The highest BCUT2D eigenvalue weighted by Gasteiger charge is 2.36. The number of carbonyl (C=O) groups is 1. The molecular weight excluding hydrogens is 394 g/mol. The minimum atomic E-state index is -1.11. The molecule has 1 saturated heterocycles. The molecular formula is C24H27N3O4. The molecule has 4 rings (SSSR count). The third-order valence-electron chi connectivity index (χ3n) is 5.49. The van der Waals surface area contributed by atoms with Crippen LogP contribution in [0.4, 0.5) is 0 Å². The zero-order valence-corrected chi connectivity index (χ0v) is 17.6. The van der Waals surface area contributed by atoms with E-state index in [1.807, 2.05) is 47.0 Å². The third kappa shape index (κ3) is 5.13. The summed E-state index contributed by atoms with van der Waals surface area (Å²) in [6, 6.07) is 17.8. The smallest absolute Gasteiger partial charge is 0.255 e. The number of carbonyl (C=O) groups excluding carboxylic acids is 1. The maximum absolute atomic E-state index is 13.0. The van der Waals surface area contributed by atoms with Gasteiger partial charge in [0, 0.05) is 25.8 Å². The van der Waals surface area contributed by atoms with E-state index in [0.29, 0.717) is 25.4 Å². The van der Waals surface area contributed by atoms with Gasteiger partial charge in [-0.1, -0.05) is 42.5 Å². The van der Waals surface area contributed by atoms with Gasteiger partial charge in [0.2, 0.25) is 0 Å². The van der Waals surface area contributed by atoms with Gasteiger partial charge in [0.25, 0.3) is 5.91 Å². The molecule has 0 bridgehead atoms. The largest absolute Gasteiger partial charge is 0.497 e. The molecule has 1 aromatic heterocycles. The summed E-state index contributed by atoms with van der Waals surface area (Å²) in [5.74, 6) is 0.543. The maximum atomic E-state index is 13.0. The Balaban J connectivity index is 1.37. The normalized spacial score (nSPS) is 17.5. The molecule has 0 spiro atoms. The predicted molar refractivity (Wildman–Crippen MR) is 115 cm³/mol. The summed E-state index contributed by atoms with van der Waals surface area (Å²) >= 11 is 0. The van der Waals surface area contributed by atoms with E-state index >= 15 is 0 Å². The quantitative estimate of drug-likeness (QED) is 0.605. The van der Waals surface area contributed by atoms with Gasteiger partial charge in [-0.2, -0.15) is 0 Å². The summed E-state index contributed by atoms with van der Waals surface area (Å²) < 4.78 is 12.7. The number of morpholine rings is 1. The fourth-order valence-electron chi connectivity index (χ4n) is 3.70. The van der Waals surface area contributed by atoms with E-state index in [1.54, 1.807) is 24.5 Å². The van der Waals surface area contributed by atoms with E-state index in [2.05, 4.69) is 17.1 Å². The number of nitrogens with zero attached hydrogens (tertiary/aromatic N) is 3. The molecule has 1 aliphatic rings. The van der Waals surface area contributed by atoms with Gasteiger partial charge < -0.3 is 24.0 Å². The highest BCUT2D eigenvalue weighted by molar-refractivity contribution is 5.82. The first-order valence-corrected chi connectivity index (χ1v) is 10.4. The lowest BCUT2D eigenvalue weighted by Gasteiger charge is -2.34. The van der Waals surface area contributed by atoms with Crippen LogP contribution in [0.1, 0.15) is 22.9 Å². The zero-order chi connectivity index (χ0) is 21.6. The molecule has 7 nitrogen and oxygen atoms in total. The van der Waals surface area contributed by atoms with Crippen molar-refractivity contribution in [2.45, 2.75) is 31.7 Å². The van der Waals surface area contributed by atoms with Crippen molar-refractivity contribution in [3.8, 4) is 5.75 Å². The van der Waals surface area contributed by atoms with E-state index in [0.717, 1.165) is 24.3 Å². The second kappa shape index (κ2) is 9.76. The molecule has 162 valence electrons. The molecule has 3 aromatic rings. The van der Waals surface area contributed by atoms with Crippen LogP contribution < -0.4 is 4.74 Å². The number of hydrogen-bond donors (Lipinski definition) is 1. The van der Waals surface area contributed by atoms with Gasteiger partial charge in [-0.3, -0.25) is 4.79 Å². The molecule has 1 fully saturated rings. The molecule has 1 aliphatic heterocycles. The SMILES string of the molecule is COc1ccc(CN2CCOC(C(O)c3cn(CCc4ccccc4)cn3)C2=O)cc1. The van der Waals surface area contributed by atoms with Crippen LogP contribution >= 0.6 is 0 Å². The van der Waals surface area contributed by atoms with E-state index in [1.165, 1.54) is 5.56 Å². The Bertz CT molecular complexity index is 988. The van der Waals surface area contributed by atoms with Crippen molar-refractivity contribution in [3.05, 3.63) is 83.9 Å². The van der Waals surface area contributed by atoms with Gasteiger partial charge in [0.15, 0.2) is 6.10 Å². The molecule has 0 saturated carbocycles. The van der Waals surface area contributed by atoms with Crippen LogP contribution in [0.2, 0.25) is 0 Å². The van der Waals surface area contributed by atoms with Gasteiger partial charge >= 0.3 is 0 Å². The summed E-state index contributed by atoms with van der Waals surface area (Å²) in [6.07, 6.45) is 2.27. The van der Waals surface area contributed by atoms with E-state index in [4.69, 9.17) is 9.47 Å². The fourth-order valence-corrected chi connectivity index (χ4v) is 3.70. The molecule has 2 heterocycles. The van der Waals surface area contributed by atoms with Gasteiger partial charge in [-0.05, 0) is 29.7 Å². The van der Waals surface area contributed by atoms with Crippen molar-refractivity contribution >= 4 is 5.91 Å². The van der Waals surface area contributed by atoms with Crippen molar-refractivity contribution in [3.63, 3.8) is 0 Å². The Morgan fingerprint density at radius 1 is 1.16 bits per heavy atom. The summed E-state index contributed by atoms with van der Waals surface area (Å²) in [7, 11) is 1.62. The number of methoxy groups -OCH3 is 1. The standard InChI is InChI=1S/C24H27N3O4/c1-30-20-9-7-19(8-10-20)15-27-13-14-31-23(24(27)29)22(28)21-16-26(17-25-21)12-11-18-5-3-2-4-6-18/h2-10,16-17,22-23,28H,11-15H2,1H3. The number of aryl methyl sites for hydroxylation is 2. The van der Waals surface area contributed by atoms with Crippen LogP contribution in [-0.2, 0) is 29.0 Å². The van der Waals surface area contributed by atoms with Crippen molar-refractivity contribution in [1.82, 2.24) is 14.5 Å². The summed E-state index contributed by atoms with van der Waals surface area (Å²) in [5, 5.41) is 10.8.